The van der Waals surface area contributed by atoms with E-state index in [1.54, 1.807) is 48.5 Å². The second-order valence-electron chi connectivity index (χ2n) is 6.47. The highest BCUT2D eigenvalue weighted by molar-refractivity contribution is 9.10. The molecule has 0 N–H and O–H groups in total. The molecule has 3 aromatic rings. The Bertz CT molecular complexity index is 1210. The standard InChI is InChI=1S/C25H18BrFN2O2/c1-2-30-24-13-17(11-20(15-29)21-9-5-6-10-23(21)27)12-22(26)25(24)31-16-19-8-4-3-7-18(19)14-28/h3-13H,2,16H2,1H3/b20-11-. The highest BCUT2D eigenvalue weighted by atomic mass is 79.9. The summed E-state index contributed by atoms with van der Waals surface area (Å²) in [7, 11) is 0. The molecule has 0 amide bonds. The molecule has 0 heterocycles. The summed E-state index contributed by atoms with van der Waals surface area (Å²) in [6.07, 6.45) is 1.60. The van der Waals surface area contributed by atoms with E-state index in [1.807, 2.05) is 19.1 Å². The highest BCUT2D eigenvalue weighted by Crippen LogP contribution is 2.38. The normalized spacial score (nSPS) is 10.8. The van der Waals surface area contributed by atoms with Crippen LogP contribution in [-0.2, 0) is 6.61 Å². The summed E-state index contributed by atoms with van der Waals surface area (Å²) in [5.74, 6) is 0.495. The maximum absolute atomic E-state index is 14.1. The van der Waals surface area contributed by atoms with Crippen LogP contribution in [0.15, 0.2) is 65.1 Å². The molecule has 0 saturated carbocycles. The average Bonchev–Trinajstić information content (AvgIpc) is 2.78. The van der Waals surface area contributed by atoms with E-state index in [9.17, 15) is 14.9 Å². The quantitative estimate of drug-likeness (QED) is 0.288. The lowest BCUT2D eigenvalue weighted by molar-refractivity contribution is 0.267. The van der Waals surface area contributed by atoms with E-state index in [-0.39, 0.29) is 17.7 Å². The third-order valence-electron chi connectivity index (χ3n) is 4.44. The first-order chi connectivity index (χ1) is 15.1. The number of hydrogen-bond acceptors (Lipinski definition) is 4. The first kappa shape index (κ1) is 22.1. The van der Waals surface area contributed by atoms with Crippen LogP contribution in [0.2, 0.25) is 0 Å². The molecule has 4 nitrogen and oxygen atoms in total. The maximum atomic E-state index is 14.1. The fraction of sp³-hybridized carbons (Fsp3) is 0.120. The van der Waals surface area contributed by atoms with Gasteiger partial charge in [0, 0.05) is 11.1 Å². The topological polar surface area (TPSA) is 66.0 Å². The summed E-state index contributed by atoms with van der Waals surface area (Å²) in [4.78, 5) is 0. The molecule has 0 atom stereocenters. The summed E-state index contributed by atoms with van der Waals surface area (Å²) < 4.78 is 26.5. The Kier molecular flexibility index (Phi) is 7.43. The third kappa shape index (κ3) is 5.31. The fourth-order valence-corrected chi connectivity index (χ4v) is 3.57. The Hall–Kier alpha value is -3.61. The van der Waals surface area contributed by atoms with E-state index in [2.05, 4.69) is 28.1 Å². The average molecular weight is 477 g/mol. The van der Waals surface area contributed by atoms with Gasteiger partial charge in [0.25, 0.3) is 0 Å². The summed E-state index contributed by atoms with van der Waals surface area (Å²) in [5.41, 5.74) is 2.38. The number of benzene rings is 3. The lowest BCUT2D eigenvalue weighted by Gasteiger charge is -2.15. The van der Waals surface area contributed by atoms with Crippen LogP contribution < -0.4 is 9.47 Å². The van der Waals surface area contributed by atoms with Crippen LogP contribution in [0.1, 0.15) is 29.2 Å². The molecule has 6 heteroatoms. The van der Waals surface area contributed by atoms with Crippen molar-refractivity contribution in [1.29, 1.82) is 10.5 Å². The number of rotatable bonds is 7. The number of nitrogens with zero attached hydrogens (tertiary/aromatic N) is 2. The van der Waals surface area contributed by atoms with Crippen molar-refractivity contribution in [2.45, 2.75) is 13.5 Å². The Balaban J connectivity index is 1.96. The molecular formula is C25H18BrFN2O2. The predicted molar refractivity (Wildman–Crippen MR) is 121 cm³/mol. The van der Waals surface area contributed by atoms with Gasteiger partial charge >= 0.3 is 0 Å². The molecule has 154 valence electrons. The van der Waals surface area contributed by atoms with Gasteiger partial charge in [0.1, 0.15) is 12.4 Å². The van der Waals surface area contributed by atoms with Gasteiger partial charge in [0.2, 0.25) is 0 Å². The first-order valence-electron chi connectivity index (χ1n) is 9.51. The number of halogens is 2. The van der Waals surface area contributed by atoms with Crippen molar-refractivity contribution in [3.63, 3.8) is 0 Å². The van der Waals surface area contributed by atoms with E-state index < -0.39 is 5.82 Å². The van der Waals surface area contributed by atoms with Crippen molar-refractivity contribution < 1.29 is 13.9 Å². The molecule has 0 radical (unpaired) electrons. The Morgan fingerprint density at radius 2 is 1.81 bits per heavy atom. The fourth-order valence-electron chi connectivity index (χ4n) is 3.00. The van der Waals surface area contributed by atoms with Gasteiger partial charge in [-0.2, -0.15) is 10.5 Å². The summed E-state index contributed by atoms with van der Waals surface area (Å²) in [6, 6.07) is 21.1. The van der Waals surface area contributed by atoms with Gasteiger partial charge in [-0.1, -0.05) is 36.4 Å². The van der Waals surface area contributed by atoms with Crippen LogP contribution in [0.4, 0.5) is 4.39 Å². The van der Waals surface area contributed by atoms with E-state index in [0.717, 1.165) is 5.56 Å². The van der Waals surface area contributed by atoms with Gasteiger partial charge in [-0.15, -0.1) is 0 Å². The van der Waals surface area contributed by atoms with Crippen LogP contribution >= 0.6 is 15.9 Å². The van der Waals surface area contributed by atoms with Crippen molar-refractivity contribution in [2.75, 3.05) is 6.61 Å². The lowest BCUT2D eigenvalue weighted by Crippen LogP contribution is -2.02. The van der Waals surface area contributed by atoms with Gasteiger partial charge < -0.3 is 9.47 Å². The molecule has 3 rings (SSSR count). The van der Waals surface area contributed by atoms with Crippen LogP contribution in [0.25, 0.3) is 11.6 Å². The Morgan fingerprint density at radius 1 is 1.06 bits per heavy atom. The Labute approximate surface area is 188 Å². The van der Waals surface area contributed by atoms with E-state index in [1.165, 1.54) is 6.07 Å². The van der Waals surface area contributed by atoms with Crippen LogP contribution in [0.3, 0.4) is 0 Å². The zero-order chi connectivity index (χ0) is 22.2. The molecular weight excluding hydrogens is 459 g/mol. The SMILES string of the molecule is CCOc1cc(/C=C(/C#N)c2ccccc2F)cc(Br)c1OCc1ccccc1C#N. The van der Waals surface area contributed by atoms with Gasteiger partial charge in [-0.05, 0) is 58.8 Å². The van der Waals surface area contributed by atoms with Crippen molar-refractivity contribution in [3.05, 3.63) is 93.2 Å². The molecule has 0 fully saturated rings. The van der Waals surface area contributed by atoms with E-state index >= 15 is 0 Å². The largest absolute Gasteiger partial charge is 0.490 e. The molecule has 3 aromatic carbocycles. The minimum absolute atomic E-state index is 0.191. The minimum atomic E-state index is -0.462. The lowest BCUT2D eigenvalue weighted by atomic mass is 10.0. The molecule has 0 aliphatic rings. The number of allylic oxidation sites excluding steroid dienone is 1. The molecule has 0 aliphatic carbocycles. The third-order valence-corrected chi connectivity index (χ3v) is 5.03. The zero-order valence-corrected chi connectivity index (χ0v) is 18.3. The van der Waals surface area contributed by atoms with Gasteiger partial charge in [0.05, 0.1) is 34.4 Å². The second-order valence-corrected chi connectivity index (χ2v) is 7.32. The Morgan fingerprint density at radius 3 is 2.52 bits per heavy atom. The van der Waals surface area contributed by atoms with Crippen LogP contribution in [0, 0.1) is 28.5 Å². The van der Waals surface area contributed by atoms with Gasteiger partial charge in [0.15, 0.2) is 11.5 Å². The van der Waals surface area contributed by atoms with E-state index in [0.29, 0.717) is 33.7 Å². The summed E-state index contributed by atoms with van der Waals surface area (Å²) >= 11 is 3.50. The van der Waals surface area contributed by atoms with Crippen molar-refractivity contribution in [2.24, 2.45) is 0 Å². The van der Waals surface area contributed by atoms with Crippen molar-refractivity contribution >= 4 is 27.6 Å². The number of hydrogen-bond donors (Lipinski definition) is 0. The monoisotopic (exact) mass is 476 g/mol. The molecule has 0 saturated heterocycles. The van der Waals surface area contributed by atoms with Crippen LogP contribution in [-0.4, -0.2) is 6.61 Å². The van der Waals surface area contributed by atoms with Gasteiger partial charge in [-0.25, -0.2) is 4.39 Å². The van der Waals surface area contributed by atoms with Crippen LogP contribution in [0.5, 0.6) is 11.5 Å². The van der Waals surface area contributed by atoms with Crippen molar-refractivity contribution in [1.82, 2.24) is 0 Å². The van der Waals surface area contributed by atoms with Gasteiger partial charge in [-0.3, -0.25) is 0 Å². The molecule has 0 aromatic heterocycles. The van der Waals surface area contributed by atoms with E-state index in [4.69, 9.17) is 9.47 Å². The second kappa shape index (κ2) is 10.4. The molecule has 0 spiro atoms. The molecule has 0 aliphatic heterocycles. The summed E-state index contributed by atoms with van der Waals surface area (Å²) in [5, 5.41) is 18.8. The first-order valence-corrected chi connectivity index (χ1v) is 10.3. The summed E-state index contributed by atoms with van der Waals surface area (Å²) in [6.45, 7) is 2.45. The molecule has 0 bridgehead atoms. The highest BCUT2D eigenvalue weighted by Gasteiger charge is 2.14. The smallest absolute Gasteiger partial charge is 0.175 e. The number of nitriles is 2. The predicted octanol–water partition coefficient (Wildman–Crippen LogP) is 6.50. The maximum Gasteiger partial charge on any atom is 0.175 e. The minimum Gasteiger partial charge on any atom is -0.490 e. The van der Waals surface area contributed by atoms with Crippen molar-refractivity contribution in [3.8, 4) is 23.6 Å². The molecule has 31 heavy (non-hydrogen) atoms. The molecule has 0 unspecified atom stereocenters. The zero-order valence-electron chi connectivity index (χ0n) is 16.7. The number of ether oxygens (including phenoxy) is 2.